The van der Waals surface area contributed by atoms with Crippen LogP contribution in [0, 0.1) is 5.92 Å². The molecule has 2 amide bonds. The van der Waals surface area contributed by atoms with Crippen molar-refractivity contribution < 1.29 is 9.53 Å². The molecule has 0 spiro atoms. The van der Waals surface area contributed by atoms with Crippen LogP contribution in [0.5, 0.6) is 0 Å². The van der Waals surface area contributed by atoms with Crippen molar-refractivity contribution in [2.24, 2.45) is 13.0 Å². The molecule has 7 heteroatoms. The predicted octanol–water partition coefficient (Wildman–Crippen LogP) is 1.73. The monoisotopic (exact) mass is 335 g/mol. The molecule has 1 aromatic heterocycles. The fourth-order valence-electron chi connectivity index (χ4n) is 3.72. The molecule has 0 radical (unpaired) electrons. The average molecular weight is 335 g/mol. The van der Waals surface area contributed by atoms with Crippen LogP contribution in [0.3, 0.4) is 0 Å². The highest BCUT2D eigenvalue weighted by atomic mass is 16.5. The number of anilines is 1. The molecule has 2 aliphatic heterocycles. The zero-order chi connectivity index (χ0) is 17.3. The number of carbonyl (C=O) groups is 1. The summed E-state index contributed by atoms with van der Waals surface area (Å²) in [7, 11) is 1.88. The molecule has 0 aliphatic carbocycles. The van der Waals surface area contributed by atoms with Gasteiger partial charge in [0.1, 0.15) is 0 Å². The maximum Gasteiger partial charge on any atom is 0.322 e. The highest BCUT2D eigenvalue weighted by Gasteiger charge is 2.36. The van der Waals surface area contributed by atoms with Crippen LogP contribution in [0.15, 0.2) is 6.20 Å². The van der Waals surface area contributed by atoms with E-state index in [1.807, 2.05) is 18.1 Å². The highest BCUT2D eigenvalue weighted by molar-refractivity contribution is 5.90. The van der Waals surface area contributed by atoms with Gasteiger partial charge in [-0.25, -0.2) is 4.79 Å². The minimum Gasteiger partial charge on any atom is -0.379 e. The van der Waals surface area contributed by atoms with Crippen molar-refractivity contribution in [3.63, 3.8) is 0 Å². The molecule has 2 atom stereocenters. The maximum atomic E-state index is 12.7. The number of rotatable bonds is 3. The standard InChI is InChI=1S/C17H29N5O2/c1-12(2)16-14(10-20(4)19-16)18-17(23)22-9-13(3)15(11-22)21-5-7-24-8-6-21/h10,12-13,15H,5-9,11H2,1-4H3,(H,18,23)/t13-,15+/m1/s1. The van der Waals surface area contributed by atoms with Gasteiger partial charge in [-0.3, -0.25) is 9.58 Å². The Kier molecular flexibility index (Phi) is 5.10. The Bertz CT molecular complexity index is 580. The van der Waals surface area contributed by atoms with E-state index in [0.29, 0.717) is 12.0 Å². The van der Waals surface area contributed by atoms with Gasteiger partial charge in [0, 0.05) is 45.5 Å². The lowest BCUT2D eigenvalue weighted by Gasteiger charge is -2.33. The van der Waals surface area contributed by atoms with Gasteiger partial charge in [-0.05, 0) is 11.8 Å². The first kappa shape index (κ1) is 17.2. The number of nitrogens with one attached hydrogen (secondary N) is 1. The van der Waals surface area contributed by atoms with Crippen LogP contribution in [0.2, 0.25) is 0 Å². The molecule has 3 heterocycles. The number of aromatic nitrogens is 2. The van der Waals surface area contributed by atoms with Gasteiger partial charge in [0.15, 0.2) is 0 Å². The van der Waals surface area contributed by atoms with Crippen LogP contribution in [0.4, 0.5) is 10.5 Å². The number of carbonyl (C=O) groups excluding carboxylic acids is 1. The van der Waals surface area contributed by atoms with E-state index in [-0.39, 0.29) is 11.9 Å². The van der Waals surface area contributed by atoms with Crippen molar-refractivity contribution in [2.45, 2.75) is 32.7 Å². The molecular weight excluding hydrogens is 306 g/mol. The third-order valence-electron chi connectivity index (χ3n) is 5.02. The number of aryl methyl sites for hydroxylation is 1. The summed E-state index contributed by atoms with van der Waals surface area (Å²) >= 11 is 0. The number of nitrogens with zero attached hydrogens (tertiary/aromatic N) is 4. The van der Waals surface area contributed by atoms with E-state index in [1.54, 1.807) is 4.68 Å². The van der Waals surface area contributed by atoms with Gasteiger partial charge in [0.25, 0.3) is 0 Å². The molecule has 0 aromatic carbocycles. The number of amides is 2. The summed E-state index contributed by atoms with van der Waals surface area (Å²) < 4.78 is 7.20. The minimum absolute atomic E-state index is 0.0208. The molecule has 0 saturated carbocycles. The quantitative estimate of drug-likeness (QED) is 0.914. The van der Waals surface area contributed by atoms with Crippen LogP contribution in [0.1, 0.15) is 32.4 Å². The fraction of sp³-hybridized carbons (Fsp3) is 0.765. The number of morpholine rings is 1. The van der Waals surface area contributed by atoms with Gasteiger partial charge in [0.2, 0.25) is 0 Å². The molecule has 0 bridgehead atoms. The smallest absolute Gasteiger partial charge is 0.322 e. The lowest BCUT2D eigenvalue weighted by atomic mass is 10.0. The summed E-state index contributed by atoms with van der Waals surface area (Å²) in [5, 5.41) is 7.51. The second-order valence-corrected chi connectivity index (χ2v) is 7.28. The van der Waals surface area contributed by atoms with Gasteiger partial charge in [0.05, 0.1) is 24.6 Å². The normalized spacial score (nSPS) is 25.5. The topological polar surface area (TPSA) is 62.6 Å². The van der Waals surface area contributed by atoms with Crippen molar-refractivity contribution in [1.82, 2.24) is 19.6 Å². The summed E-state index contributed by atoms with van der Waals surface area (Å²) in [6.07, 6.45) is 1.88. The molecule has 7 nitrogen and oxygen atoms in total. The second-order valence-electron chi connectivity index (χ2n) is 7.28. The first-order chi connectivity index (χ1) is 11.5. The molecule has 134 valence electrons. The molecule has 24 heavy (non-hydrogen) atoms. The van der Waals surface area contributed by atoms with Crippen molar-refractivity contribution in [3.8, 4) is 0 Å². The molecule has 2 aliphatic rings. The number of likely N-dealkylation sites (tertiary alicyclic amines) is 1. The minimum atomic E-state index is -0.0208. The summed E-state index contributed by atoms with van der Waals surface area (Å²) in [6.45, 7) is 11.5. The van der Waals surface area contributed by atoms with Gasteiger partial charge in [-0.2, -0.15) is 5.10 Å². The molecule has 3 rings (SSSR count). The van der Waals surface area contributed by atoms with Gasteiger partial charge in [-0.1, -0.05) is 20.8 Å². The third kappa shape index (κ3) is 3.57. The van der Waals surface area contributed by atoms with Crippen LogP contribution in [-0.2, 0) is 11.8 Å². The van der Waals surface area contributed by atoms with Gasteiger partial charge in [-0.15, -0.1) is 0 Å². The van der Waals surface area contributed by atoms with Crippen LogP contribution >= 0.6 is 0 Å². The lowest BCUT2D eigenvalue weighted by molar-refractivity contribution is 0.0123. The van der Waals surface area contributed by atoms with E-state index < -0.39 is 0 Å². The summed E-state index contributed by atoms with van der Waals surface area (Å²) in [5.41, 5.74) is 1.75. The van der Waals surface area contributed by atoms with E-state index in [9.17, 15) is 4.79 Å². The Morgan fingerprint density at radius 2 is 2.04 bits per heavy atom. The highest BCUT2D eigenvalue weighted by Crippen LogP contribution is 2.26. The maximum absolute atomic E-state index is 12.7. The number of hydrogen-bond donors (Lipinski definition) is 1. The van der Waals surface area contributed by atoms with E-state index in [4.69, 9.17) is 4.74 Å². The van der Waals surface area contributed by atoms with E-state index in [1.165, 1.54) is 0 Å². The molecule has 2 saturated heterocycles. The Hall–Kier alpha value is -1.60. The summed E-state index contributed by atoms with van der Waals surface area (Å²) in [4.78, 5) is 17.1. The van der Waals surface area contributed by atoms with Gasteiger partial charge >= 0.3 is 6.03 Å². The average Bonchev–Trinajstić information content (AvgIpc) is 3.11. The van der Waals surface area contributed by atoms with Crippen molar-refractivity contribution in [1.29, 1.82) is 0 Å². The molecule has 2 fully saturated rings. The Labute approximate surface area is 143 Å². The third-order valence-corrected chi connectivity index (χ3v) is 5.02. The fourth-order valence-corrected chi connectivity index (χ4v) is 3.72. The van der Waals surface area contributed by atoms with Crippen molar-refractivity contribution >= 4 is 11.7 Å². The van der Waals surface area contributed by atoms with Crippen molar-refractivity contribution in [3.05, 3.63) is 11.9 Å². The van der Waals surface area contributed by atoms with Gasteiger partial charge < -0.3 is 15.0 Å². The number of urea groups is 1. The number of ether oxygens (including phenoxy) is 1. The Morgan fingerprint density at radius 1 is 1.33 bits per heavy atom. The SMILES string of the molecule is CC(C)c1nn(C)cc1NC(=O)N1C[C@@H](C)[C@@H](N2CCOCC2)C1. The lowest BCUT2D eigenvalue weighted by Crippen LogP contribution is -2.47. The largest absolute Gasteiger partial charge is 0.379 e. The van der Waals surface area contributed by atoms with Crippen LogP contribution < -0.4 is 5.32 Å². The van der Waals surface area contributed by atoms with E-state index in [0.717, 1.165) is 50.8 Å². The molecule has 1 aromatic rings. The number of hydrogen-bond acceptors (Lipinski definition) is 4. The molecule has 0 unspecified atom stereocenters. The van der Waals surface area contributed by atoms with E-state index >= 15 is 0 Å². The summed E-state index contributed by atoms with van der Waals surface area (Å²) in [6, 6.07) is 0.408. The zero-order valence-electron chi connectivity index (χ0n) is 15.2. The summed E-state index contributed by atoms with van der Waals surface area (Å²) in [5.74, 6) is 0.757. The predicted molar refractivity (Wildman–Crippen MR) is 93.2 cm³/mol. The first-order valence-corrected chi connectivity index (χ1v) is 8.87. The molecule has 1 N–H and O–H groups in total. The van der Waals surface area contributed by atoms with Crippen LogP contribution in [-0.4, -0.2) is 71.0 Å². The van der Waals surface area contributed by atoms with Crippen LogP contribution in [0.25, 0.3) is 0 Å². The Balaban J connectivity index is 1.64. The first-order valence-electron chi connectivity index (χ1n) is 8.87. The van der Waals surface area contributed by atoms with E-state index in [2.05, 4.69) is 36.1 Å². The Morgan fingerprint density at radius 3 is 2.71 bits per heavy atom. The van der Waals surface area contributed by atoms with Crippen molar-refractivity contribution in [2.75, 3.05) is 44.7 Å². The second kappa shape index (κ2) is 7.11. The zero-order valence-corrected chi connectivity index (χ0v) is 15.2. The molecular formula is C17H29N5O2.